The molecule has 1 aliphatic rings. The van der Waals surface area contributed by atoms with Gasteiger partial charge in [-0.15, -0.1) is 0 Å². The lowest BCUT2D eigenvalue weighted by Crippen LogP contribution is -2.45. The van der Waals surface area contributed by atoms with Crippen LogP contribution in [0.4, 0.5) is 18.9 Å². The molecule has 2 heterocycles. The van der Waals surface area contributed by atoms with Crippen molar-refractivity contribution in [2.24, 2.45) is 5.92 Å². The number of aromatic nitrogens is 1. The Balaban J connectivity index is 2.06. The van der Waals surface area contributed by atoms with E-state index in [1.165, 1.54) is 6.07 Å². The maximum Gasteiger partial charge on any atom is 0.416 e. The summed E-state index contributed by atoms with van der Waals surface area (Å²) in [5.74, 6) is -0.193. The van der Waals surface area contributed by atoms with Crippen molar-refractivity contribution in [1.82, 2.24) is 4.98 Å². The Labute approximate surface area is 137 Å². The molecule has 2 atom stereocenters. The minimum Gasteiger partial charge on any atom is -0.396 e. The van der Waals surface area contributed by atoms with Crippen LogP contribution in [0.25, 0.3) is 10.9 Å². The van der Waals surface area contributed by atoms with E-state index in [4.69, 9.17) is 0 Å². The molecule has 0 aliphatic carbocycles. The van der Waals surface area contributed by atoms with E-state index >= 15 is 0 Å². The number of benzene rings is 1. The lowest BCUT2D eigenvalue weighted by Gasteiger charge is -2.37. The van der Waals surface area contributed by atoms with E-state index in [0.29, 0.717) is 35.2 Å². The average Bonchev–Trinajstić information content (AvgIpc) is 2.52. The van der Waals surface area contributed by atoms with Gasteiger partial charge in [0.1, 0.15) is 0 Å². The third kappa shape index (κ3) is 3.18. The van der Waals surface area contributed by atoms with Crippen LogP contribution in [0.15, 0.2) is 24.3 Å². The van der Waals surface area contributed by atoms with E-state index in [0.717, 1.165) is 12.1 Å². The van der Waals surface area contributed by atoms with Crippen LogP contribution in [0.3, 0.4) is 0 Å². The summed E-state index contributed by atoms with van der Waals surface area (Å²) in [6.07, 6.45) is -4.54. The van der Waals surface area contributed by atoms with Gasteiger partial charge in [0, 0.05) is 42.4 Å². The highest BCUT2D eigenvalue weighted by atomic mass is 19.4. The van der Waals surface area contributed by atoms with Crippen LogP contribution in [-0.2, 0) is 6.18 Å². The second kappa shape index (κ2) is 6.22. The molecule has 0 spiro atoms. The monoisotopic (exact) mass is 340 g/mol. The summed E-state index contributed by atoms with van der Waals surface area (Å²) in [6.45, 7) is 2.54. The standard InChI is InChI=1S/C17H19F3N2O2/c1-10-6-15(22-5-4-11(9-23)16(24)8-22)13-7-12(17(18,19)20)2-3-14(13)21-10/h2-3,6-7,11,16,23-24H,4-5,8-9H2,1H3/t11-,16+/m1/s1. The average molecular weight is 340 g/mol. The number of halogens is 3. The zero-order chi connectivity index (χ0) is 17.5. The lowest BCUT2D eigenvalue weighted by atomic mass is 9.94. The van der Waals surface area contributed by atoms with Gasteiger partial charge in [0.2, 0.25) is 0 Å². The number of aliphatic hydroxyl groups is 2. The summed E-state index contributed by atoms with van der Waals surface area (Å²) >= 11 is 0. The number of piperidine rings is 1. The molecule has 1 aliphatic heterocycles. The fourth-order valence-electron chi connectivity index (χ4n) is 3.19. The van der Waals surface area contributed by atoms with Gasteiger partial charge in [-0.05, 0) is 37.6 Å². The number of alkyl halides is 3. The lowest BCUT2D eigenvalue weighted by molar-refractivity contribution is -0.137. The Morgan fingerprint density at radius 3 is 2.67 bits per heavy atom. The van der Waals surface area contributed by atoms with E-state index < -0.39 is 17.8 Å². The van der Waals surface area contributed by atoms with Crippen molar-refractivity contribution in [2.45, 2.75) is 25.6 Å². The fourth-order valence-corrected chi connectivity index (χ4v) is 3.19. The van der Waals surface area contributed by atoms with Crippen LogP contribution in [0.5, 0.6) is 0 Å². The van der Waals surface area contributed by atoms with Crippen molar-refractivity contribution in [3.63, 3.8) is 0 Å². The van der Waals surface area contributed by atoms with Gasteiger partial charge in [0.25, 0.3) is 0 Å². The van der Waals surface area contributed by atoms with Crippen LogP contribution in [-0.4, -0.2) is 41.0 Å². The predicted molar refractivity (Wildman–Crippen MR) is 84.9 cm³/mol. The van der Waals surface area contributed by atoms with Crippen LogP contribution in [0.1, 0.15) is 17.7 Å². The summed E-state index contributed by atoms with van der Waals surface area (Å²) < 4.78 is 39.1. The van der Waals surface area contributed by atoms with Gasteiger partial charge in [0.15, 0.2) is 0 Å². The number of fused-ring (bicyclic) bond motifs is 1. The van der Waals surface area contributed by atoms with Gasteiger partial charge in [-0.1, -0.05) is 0 Å². The Morgan fingerprint density at radius 2 is 2.04 bits per heavy atom. The smallest absolute Gasteiger partial charge is 0.396 e. The molecule has 1 aromatic carbocycles. The first-order valence-electron chi connectivity index (χ1n) is 7.82. The highest BCUT2D eigenvalue weighted by molar-refractivity contribution is 5.92. The first-order valence-corrected chi connectivity index (χ1v) is 7.82. The van der Waals surface area contributed by atoms with E-state index in [1.54, 1.807) is 13.0 Å². The Morgan fingerprint density at radius 1 is 1.29 bits per heavy atom. The number of hydrogen-bond acceptors (Lipinski definition) is 4. The first-order chi connectivity index (χ1) is 11.3. The van der Waals surface area contributed by atoms with Crippen LogP contribution >= 0.6 is 0 Å². The normalized spacial score (nSPS) is 22.2. The molecule has 0 saturated carbocycles. The minimum absolute atomic E-state index is 0.0939. The summed E-state index contributed by atoms with van der Waals surface area (Å²) in [4.78, 5) is 6.18. The molecule has 130 valence electrons. The zero-order valence-electron chi connectivity index (χ0n) is 13.2. The van der Waals surface area contributed by atoms with E-state index in [9.17, 15) is 23.4 Å². The van der Waals surface area contributed by atoms with Crippen molar-refractivity contribution in [3.05, 3.63) is 35.5 Å². The van der Waals surface area contributed by atoms with Crippen molar-refractivity contribution >= 4 is 16.6 Å². The number of hydrogen-bond donors (Lipinski definition) is 2. The Bertz CT molecular complexity index is 748. The van der Waals surface area contributed by atoms with Crippen molar-refractivity contribution < 1.29 is 23.4 Å². The van der Waals surface area contributed by atoms with Crippen molar-refractivity contribution in [2.75, 3.05) is 24.6 Å². The molecule has 0 amide bonds. The first kappa shape index (κ1) is 17.0. The summed E-state index contributed by atoms with van der Waals surface area (Å²) in [6, 6.07) is 5.27. The number of anilines is 1. The molecule has 1 aromatic heterocycles. The largest absolute Gasteiger partial charge is 0.416 e. The Kier molecular flexibility index (Phi) is 4.40. The number of nitrogens with zero attached hydrogens (tertiary/aromatic N) is 2. The van der Waals surface area contributed by atoms with E-state index in [1.807, 2.05) is 4.90 Å². The molecule has 1 fully saturated rings. The molecular formula is C17H19F3N2O2. The van der Waals surface area contributed by atoms with Gasteiger partial charge in [-0.2, -0.15) is 13.2 Å². The minimum atomic E-state index is -4.42. The molecule has 0 bridgehead atoms. The van der Waals surface area contributed by atoms with E-state index in [2.05, 4.69) is 4.98 Å². The molecule has 0 unspecified atom stereocenters. The number of β-amino-alcohol motifs (C(OH)–C–C–N with tert-alkyl or cyclic N) is 1. The number of pyridine rings is 1. The SMILES string of the molecule is Cc1cc(N2CC[C@H](CO)[C@@H](O)C2)c2cc(C(F)(F)F)ccc2n1. The van der Waals surface area contributed by atoms with E-state index in [-0.39, 0.29) is 19.1 Å². The van der Waals surface area contributed by atoms with Crippen molar-refractivity contribution in [3.8, 4) is 0 Å². The molecule has 3 rings (SSSR count). The maximum atomic E-state index is 13.0. The van der Waals surface area contributed by atoms with Gasteiger partial charge in [0.05, 0.1) is 17.2 Å². The van der Waals surface area contributed by atoms with Gasteiger partial charge in [-0.3, -0.25) is 4.98 Å². The number of rotatable bonds is 2. The second-order valence-corrected chi connectivity index (χ2v) is 6.26. The summed E-state index contributed by atoms with van der Waals surface area (Å²) in [7, 11) is 0. The fraction of sp³-hybridized carbons (Fsp3) is 0.471. The molecule has 2 N–H and O–H groups in total. The summed E-state index contributed by atoms with van der Waals surface area (Å²) in [5, 5.41) is 19.8. The Hall–Kier alpha value is -1.86. The van der Waals surface area contributed by atoms with Gasteiger partial charge in [-0.25, -0.2) is 0 Å². The molecule has 4 nitrogen and oxygen atoms in total. The molecule has 7 heteroatoms. The topological polar surface area (TPSA) is 56.6 Å². The highest BCUT2D eigenvalue weighted by Crippen LogP contribution is 2.35. The zero-order valence-corrected chi connectivity index (χ0v) is 13.2. The third-order valence-electron chi connectivity index (χ3n) is 4.54. The molecule has 1 saturated heterocycles. The van der Waals surface area contributed by atoms with Crippen LogP contribution in [0, 0.1) is 12.8 Å². The van der Waals surface area contributed by atoms with Gasteiger partial charge >= 0.3 is 6.18 Å². The number of aliphatic hydroxyl groups excluding tert-OH is 2. The molecular weight excluding hydrogens is 321 g/mol. The molecule has 0 radical (unpaired) electrons. The van der Waals surface area contributed by atoms with Crippen LogP contribution in [0.2, 0.25) is 0 Å². The maximum absolute atomic E-state index is 13.0. The number of aryl methyl sites for hydroxylation is 1. The quantitative estimate of drug-likeness (QED) is 0.883. The molecule has 2 aromatic rings. The third-order valence-corrected chi connectivity index (χ3v) is 4.54. The molecule has 24 heavy (non-hydrogen) atoms. The second-order valence-electron chi connectivity index (χ2n) is 6.26. The van der Waals surface area contributed by atoms with Crippen molar-refractivity contribution in [1.29, 1.82) is 0 Å². The summed E-state index contributed by atoms with van der Waals surface area (Å²) in [5.41, 5.74) is 1.12. The highest BCUT2D eigenvalue weighted by Gasteiger charge is 2.32. The van der Waals surface area contributed by atoms with Gasteiger partial charge < -0.3 is 15.1 Å². The predicted octanol–water partition coefficient (Wildman–Crippen LogP) is 2.74. The van der Waals surface area contributed by atoms with Crippen LogP contribution < -0.4 is 4.90 Å².